The van der Waals surface area contributed by atoms with Crippen molar-refractivity contribution in [3.05, 3.63) is 29.8 Å². The highest BCUT2D eigenvalue weighted by atomic mass is 16.5. The second kappa shape index (κ2) is 7.71. The fourth-order valence-electron chi connectivity index (χ4n) is 1.75. The van der Waals surface area contributed by atoms with Gasteiger partial charge in [-0.2, -0.15) is 0 Å². The second-order valence-electron chi connectivity index (χ2n) is 4.34. The summed E-state index contributed by atoms with van der Waals surface area (Å²) in [5, 5.41) is 5.70. The smallest absolute Gasteiger partial charge is 0.233 e. The number of carbonyl (C=O) groups is 1. The Morgan fingerprint density at radius 3 is 2.56 bits per heavy atom. The molecule has 1 rings (SSSR count). The van der Waals surface area contributed by atoms with E-state index in [0.29, 0.717) is 19.0 Å². The SMILES string of the molecule is CNCC(=O)NCCC(C)c1ccc(OC)cc1. The van der Waals surface area contributed by atoms with E-state index in [1.165, 1.54) is 5.56 Å². The summed E-state index contributed by atoms with van der Waals surface area (Å²) in [5.41, 5.74) is 1.26. The molecule has 1 unspecified atom stereocenters. The molecule has 0 aliphatic heterocycles. The van der Waals surface area contributed by atoms with E-state index in [1.54, 1.807) is 14.2 Å². The van der Waals surface area contributed by atoms with Crippen molar-refractivity contribution in [3.63, 3.8) is 0 Å². The highest BCUT2D eigenvalue weighted by molar-refractivity contribution is 5.77. The molecule has 1 aromatic rings. The van der Waals surface area contributed by atoms with Gasteiger partial charge in [-0.05, 0) is 37.1 Å². The van der Waals surface area contributed by atoms with Crippen LogP contribution >= 0.6 is 0 Å². The molecule has 0 aromatic heterocycles. The van der Waals surface area contributed by atoms with Gasteiger partial charge in [-0.1, -0.05) is 19.1 Å². The molecule has 18 heavy (non-hydrogen) atoms. The van der Waals surface area contributed by atoms with Crippen LogP contribution in [0, 0.1) is 0 Å². The van der Waals surface area contributed by atoms with Crippen LogP contribution in [0.4, 0.5) is 0 Å². The standard InChI is InChI=1S/C14H22N2O2/c1-11(8-9-16-14(17)10-15-2)12-4-6-13(18-3)7-5-12/h4-7,11,15H,8-10H2,1-3H3,(H,16,17). The predicted octanol–water partition coefficient (Wildman–Crippen LogP) is 1.52. The van der Waals surface area contributed by atoms with Gasteiger partial charge in [0.2, 0.25) is 5.91 Å². The highest BCUT2D eigenvalue weighted by Crippen LogP contribution is 2.21. The zero-order chi connectivity index (χ0) is 13.4. The average Bonchev–Trinajstić information content (AvgIpc) is 2.39. The van der Waals surface area contributed by atoms with Gasteiger partial charge in [-0.15, -0.1) is 0 Å². The van der Waals surface area contributed by atoms with Crippen molar-refractivity contribution in [3.8, 4) is 5.75 Å². The number of amides is 1. The van der Waals surface area contributed by atoms with Crippen molar-refractivity contribution in [1.29, 1.82) is 0 Å². The molecule has 1 amide bonds. The summed E-state index contributed by atoms with van der Waals surface area (Å²) in [7, 11) is 3.43. The maximum Gasteiger partial charge on any atom is 0.233 e. The van der Waals surface area contributed by atoms with E-state index in [1.807, 2.05) is 12.1 Å². The van der Waals surface area contributed by atoms with Crippen LogP contribution in [0.2, 0.25) is 0 Å². The summed E-state index contributed by atoms with van der Waals surface area (Å²) in [5.74, 6) is 1.33. The van der Waals surface area contributed by atoms with Crippen molar-refractivity contribution >= 4 is 5.91 Å². The van der Waals surface area contributed by atoms with E-state index < -0.39 is 0 Å². The van der Waals surface area contributed by atoms with Crippen LogP contribution in [0.15, 0.2) is 24.3 Å². The molecule has 0 aliphatic carbocycles. The first-order valence-electron chi connectivity index (χ1n) is 6.22. The molecule has 0 spiro atoms. The Morgan fingerprint density at radius 1 is 1.33 bits per heavy atom. The van der Waals surface area contributed by atoms with Gasteiger partial charge in [-0.25, -0.2) is 0 Å². The van der Waals surface area contributed by atoms with Gasteiger partial charge in [0.05, 0.1) is 13.7 Å². The Labute approximate surface area is 109 Å². The number of methoxy groups -OCH3 is 1. The monoisotopic (exact) mass is 250 g/mol. The van der Waals surface area contributed by atoms with Gasteiger partial charge in [0.15, 0.2) is 0 Å². The van der Waals surface area contributed by atoms with Crippen LogP contribution in [0.3, 0.4) is 0 Å². The van der Waals surface area contributed by atoms with Crippen LogP contribution in [0.1, 0.15) is 24.8 Å². The normalized spacial score (nSPS) is 11.9. The minimum absolute atomic E-state index is 0.0411. The quantitative estimate of drug-likeness (QED) is 0.771. The fraction of sp³-hybridized carbons (Fsp3) is 0.500. The average molecular weight is 250 g/mol. The van der Waals surface area contributed by atoms with Gasteiger partial charge in [0.25, 0.3) is 0 Å². The summed E-state index contributed by atoms with van der Waals surface area (Å²) in [4.78, 5) is 11.3. The lowest BCUT2D eigenvalue weighted by Crippen LogP contribution is -2.33. The van der Waals surface area contributed by atoms with Crippen molar-refractivity contribution in [2.75, 3.05) is 27.2 Å². The first-order valence-corrected chi connectivity index (χ1v) is 6.22. The summed E-state index contributed by atoms with van der Waals surface area (Å²) < 4.78 is 5.12. The number of rotatable bonds is 7. The third-order valence-electron chi connectivity index (χ3n) is 2.92. The molecule has 0 heterocycles. The molecule has 0 radical (unpaired) electrons. The lowest BCUT2D eigenvalue weighted by molar-refractivity contribution is -0.120. The molecule has 100 valence electrons. The molecule has 0 saturated carbocycles. The van der Waals surface area contributed by atoms with Gasteiger partial charge < -0.3 is 15.4 Å². The molecule has 4 nitrogen and oxygen atoms in total. The molecule has 0 saturated heterocycles. The molecule has 4 heteroatoms. The summed E-state index contributed by atoms with van der Waals surface area (Å²) >= 11 is 0. The number of carbonyl (C=O) groups excluding carboxylic acids is 1. The maximum absolute atomic E-state index is 11.3. The van der Waals surface area contributed by atoms with E-state index in [4.69, 9.17) is 4.74 Å². The molecule has 0 aliphatic rings. The highest BCUT2D eigenvalue weighted by Gasteiger charge is 2.06. The number of benzene rings is 1. The van der Waals surface area contributed by atoms with E-state index in [0.717, 1.165) is 12.2 Å². The molecule has 1 aromatic carbocycles. The first-order chi connectivity index (χ1) is 8.67. The van der Waals surface area contributed by atoms with Crippen molar-refractivity contribution in [1.82, 2.24) is 10.6 Å². The Balaban J connectivity index is 2.35. The molecule has 0 fully saturated rings. The van der Waals surface area contributed by atoms with Crippen molar-refractivity contribution in [2.24, 2.45) is 0 Å². The minimum Gasteiger partial charge on any atom is -0.497 e. The Morgan fingerprint density at radius 2 is 2.00 bits per heavy atom. The molecule has 2 N–H and O–H groups in total. The zero-order valence-corrected chi connectivity index (χ0v) is 11.3. The number of nitrogens with one attached hydrogen (secondary N) is 2. The largest absolute Gasteiger partial charge is 0.497 e. The van der Waals surface area contributed by atoms with Crippen LogP contribution in [-0.2, 0) is 4.79 Å². The Hall–Kier alpha value is -1.55. The fourth-order valence-corrected chi connectivity index (χ4v) is 1.75. The van der Waals surface area contributed by atoms with Crippen molar-refractivity contribution < 1.29 is 9.53 Å². The Kier molecular flexibility index (Phi) is 6.22. The minimum atomic E-state index is 0.0411. The lowest BCUT2D eigenvalue weighted by atomic mass is 9.98. The predicted molar refractivity (Wildman–Crippen MR) is 73.0 cm³/mol. The molecule has 1 atom stereocenters. The lowest BCUT2D eigenvalue weighted by Gasteiger charge is -2.13. The molecular weight excluding hydrogens is 228 g/mol. The number of ether oxygens (including phenoxy) is 1. The van der Waals surface area contributed by atoms with E-state index in [9.17, 15) is 4.79 Å². The number of hydrogen-bond acceptors (Lipinski definition) is 3. The topological polar surface area (TPSA) is 50.4 Å². The summed E-state index contributed by atoms with van der Waals surface area (Å²) in [6.07, 6.45) is 0.932. The Bertz CT molecular complexity index is 363. The van der Waals surface area contributed by atoms with E-state index in [2.05, 4.69) is 29.7 Å². The molecule has 0 bridgehead atoms. The third-order valence-corrected chi connectivity index (χ3v) is 2.92. The van der Waals surface area contributed by atoms with Gasteiger partial charge in [0, 0.05) is 6.54 Å². The van der Waals surface area contributed by atoms with Gasteiger partial charge in [0.1, 0.15) is 5.75 Å². The van der Waals surface area contributed by atoms with Crippen LogP contribution < -0.4 is 15.4 Å². The second-order valence-corrected chi connectivity index (χ2v) is 4.34. The van der Waals surface area contributed by atoms with Gasteiger partial charge >= 0.3 is 0 Å². The first kappa shape index (κ1) is 14.5. The summed E-state index contributed by atoms with van der Waals surface area (Å²) in [6, 6.07) is 8.06. The van der Waals surface area contributed by atoms with Crippen molar-refractivity contribution in [2.45, 2.75) is 19.3 Å². The van der Waals surface area contributed by atoms with E-state index in [-0.39, 0.29) is 5.91 Å². The van der Waals surface area contributed by atoms with Crippen LogP contribution in [-0.4, -0.2) is 33.2 Å². The van der Waals surface area contributed by atoms with Crippen LogP contribution in [0.25, 0.3) is 0 Å². The summed E-state index contributed by atoms with van der Waals surface area (Å²) in [6.45, 7) is 3.23. The number of hydrogen-bond donors (Lipinski definition) is 2. The van der Waals surface area contributed by atoms with E-state index >= 15 is 0 Å². The molecular formula is C14H22N2O2. The third kappa shape index (κ3) is 4.75. The zero-order valence-electron chi connectivity index (χ0n) is 11.3. The van der Waals surface area contributed by atoms with Crippen LogP contribution in [0.5, 0.6) is 5.75 Å². The van der Waals surface area contributed by atoms with Gasteiger partial charge in [-0.3, -0.25) is 4.79 Å². The number of likely N-dealkylation sites (N-methyl/N-ethyl adjacent to an activating group) is 1. The maximum atomic E-state index is 11.3.